The number of aryl methyl sites for hydroxylation is 1. The van der Waals surface area contributed by atoms with Crippen LogP contribution in [-0.4, -0.2) is 24.8 Å². The Morgan fingerprint density at radius 1 is 0.690 bits per heavy atom. The number of rotatable bonds is 16. The Balaban J connectivity index is 1.67. The van der Waals surface area contributed by atoms with Gasteiger partial charge in [0.15, 0.2) is 0 Å². The highest BCUT2D eigenvalue weighted by Gasteiger charge is 2.02. The second-order valence-corrected chi connectivity index (χ2v) is 7.76. The Kier molecular flexibility index (Phi) is 12.1. The Labute approximate surface area is 177 Å². The van der Waals surface area contributed by atoms with Gasteiger partial charge in [0.25, 0.3) is 0 Å². The van der Waals surface area contributed by atoms with Gasteiger partial charge in [0.05, 0.1) is 12.3 Å². The van der Waals surface area contributed by atoms with Gasteiger partial charge in [-0.3, -0.25) is 4.98 Å². The Morgan fingerprint density at radius 2 is 1.41 bits per heavy atom. The van der Waals surface area contributed by atoms with Gasteiger partial charge in [0.2, 0.25) is 0 Å². The molecule has 0 spiro atoms. The van der Waals surface area contributed by atoms with E-state index in [1.165, 1.54) is 56.9 Å². The summed E-state index contributed by atoms with van der Waals surface area (Å²) in [6.07, 6.45) is 14.7. The molecule has 0 saturated carbocycles. The lowest BCUT2D eigenvalue weighted by Gasteiger charge is -2.08. The van der Waals surface area contributed by atoms with Crippen LogP contribution in [0.2, 0.25) is 0 Å². The lowest BCUT2D eigenvalue weighted by Crippen LogP contribution is -2.07. The maximum Gasteiger partial charge on any atom is 0.119 e. The Hall–Kier alpha value is -1.87. The molecule has 0 amide bonds. The molecule has 3 nitrogen and oxygen atoms in total. The van der Waals surface area contributed by atoms with Crippen LogP contribution in [0.1, 0.15) is 77.2 Å². The van der Waals surface area contributed by atoms with Crippen LogP contribution < -0.4 is 4.74 Å². The minimum Gasteiger partial charge on any atom is -0.491 e. The van der Waals surface area contributed by atoms with E-state index in [1.54, 1.807) is 0 Å². The minimum absolute atomic E-state index is 0.596. The average Bonchev–Trinajstić information content (AvgIpc) is 2.76. The Bertz CT molecular complexity index is 637. The van der Waals surface area contributed by atoms with Crippen LogP contribution in [0.3, 0.4) is 0 Å². The largest absolute Gasteiger partial charge is 0.491 e. The van der Waals surface area contributed by atoms with Crippen molar-refractivity contribution in [2.75, 3.05) is 19.8 Å². The van der Waals surface area contributed by atoms with E-state index in [9.17, 15) is 0 Å². The van der Waals surface area contributed by atoms with Crippen LogP contribution in [0, 0.1) is 0 Å². The number of benzene rings is 1. The van der Waals surface area contributed by atoms with Gasteiger partial charge in [0.1, 0.15) is 12.4 Å². The molecule has 29 heavy (non-hydrogen) atoms. The fourth-order valence-corrected chi connectivity index (χ4v) is 3.35. The zero-order valence-electron chi connectivity index (χ0n) is 18.5. The summed E-state index contributed by atoms with van der Waals surface area (Å²) >= 11 is 0. The summed E-state index contributed by atoms with van der Waals surface area (Å²) < 4.78 is 11.4. The van der Waals surface area contributed by atoms with E-state index in [0.29, 0.717) is 13.2 Å². The molecule has 0 bridgehead atoms. The normalized spacial score (nSPS) is 11.0. The molecule has 0 aliphatic heterocycles. The molecular weight excluding hydrogens is 358 g/mol. The van der Waals surface area contributed by atoms with Crippen molar-refractivity contribution in [3.05, 3.63) is 48.2 Å². The van der Waals surface area contributed by atoms with Crippen molar-refractivity contribution in [2.45, 2.75) is 78.1 Å². The fourth-order valence-electron chi connectivity index (χ4n) is 3.35. The number of nitrogens with zero attached hydrogens (tertiary/aromatic N) is 1. The molecule has 1 aromatic heterocycles. The molecule has 2 aromatic rings. The summed E-state index contributed by atoms with van der Waals surface area (Å²) in [6.45, 7) is 6.56. The van der Waals surface area contributed by atoms with Gasteiger partial charge in [0, 0.05) is 18.4 Å². The summed E-state index contributed by atoms with van der Waals surface area (Å²) in [7, 11) is 0. The van der Waals surface area contributed by atoms with Crippen molar-refractivity contribution >= 4 is 0 Å². The molecule has 0 N–H and O–H groups in total. The number of hydrogen-bond acceptors (Lipinski definition) is 3. The second-order valence-electron chi connectivity index (χ2n) is 7.76. The van der Waals surface area contributed by atoms with Gasteiger partial charge in [-0.2, -0.15) is 0 Å². The first kappa shape index (κ1) is 23.4. The van der Waals surface area contributed by atoms with Crippen LogP contribution in [-0.2, 0) is 11.2 Å². The maximum atomic E-state index is 5.77. The highest BCUT2D eigenvalue weighted by molar-refractivity contribution is 5.60. The Morgan fingerprint density at radius 3 is 2.10 bits per heavy atom. The highest BCUT2D eigenvalue weighted by Crippen LogP contribution is 2.21. The quantitative estimate of drug-likeness (QED) is 0.280. The molecule has 0 saturated heterocycles. The third kappa shape index (κ3) is 9.94. The molecule has 160 valence electrons. The highest BCUT2D eigenvalue weighted by atomic mass is 16.5. The zero-order chi connectivity index (χ0) is 20.6. The molecule has 0 aliphatic carbocycles. The summed E-state index contributed by atoms with van der Waals surface area (Å²) in [5.74, 6) is 0.882. The maximum absolute atomic E-state index is 5.77. The van der Waals surface area contributed by atoms with Crippen molar-refractivity contribution in [1.29, 1.82) is 0 Å². The number of ether oxygens (including phenoxy) is 2. The summed E-state index contributed by atoms with van der Waals surface area (Å²) in [5, 5.41) is 0. The third-order valence-corrected chi connectivity index (χ3v) is 5.18. The molecular formula is C26H39NO2. The number of hydrogen-bond donors (Lipinski definition) is 0. The fraction of sp³-hybridized carbons (Fsp3) is 0.577. The van der Waals surface area contributed by atoms with E-state index in [0.717, 1.165) is 36.5 Å². The molecule has 0 unspecified atom stereocenters. The SMILES string of the molecule is CCCCCCCc1ccc(-c2ccc(OCCOCCCCCC)cc2)nc1. The predicted molar refractivity (Wildman–Crippen MR) is 123 cm³/mol. The topological polar surface area (TPSA) is 31.4 Å². The van der Waals surface area contributed by atoms with Crippen molar-refractivity contribution < 1.29 is 9.47 Å². The number of aromatic nitrogens is 1. The van der Waals surface area contributed by atoms with Gasteiger partial charge in [-0.05, 0) is 55.2 Å². The molecule has 0 aliphatic rings. The first-order valence-electron chi connectivity index (χ1n) is 11.6. The van der Waals surface area contributed by atoms with Crippen LogP contribution in [0.5, 0.6) is 5.75 Å². The lowest BCUT2D eigenvalue weighted by molar-refractivity contribution is 0.0971. The number of unbranched alkanes of at least 4 members (excludes halogenated alkanes) is 7. The van der Waals surface area contributed by atoms with E-state index >= 15 is 0 Å². The van der Waals surface area contributed by atoms with Gasteiger partial charge in [-0.15, -0.1) is 0 Å². The van der Waals surface area contributed by atoms with E-state index in [1.807, 2.05) is 18.3 Å². The lowest BCUT2D eigenvalue weighted by atomic mass is 10.1. The van der Waals surface area contributed by atoms with Crippen molar-refractivity contribution in [1.82, 2.24) is 4.98 Å². The van der Waals surface area contributed by atoms with Crippen LogP contribution in [0.25, 0.3) is 11.3 Å². The number of pyridine rings is 1. The second kappa shape index (κ2) is 15.0. The zero-order valence-corrected chi connectivity index (χ0v) is 18.5. The van der Waals surface area contributed by atoms with Crippen molar-refractivity contribution in [3.8, 4) is 17.0 Å². The van der Waals surface area contributed by atoms with Crippen LogP contribution >= 0.6 is 0 Å². The molecule has 0 radical (unpaired) electrons. The molecule has 1 heterocycles. The smallest absolute Gasteiger partial charge is 0.119 e. The monoisotopic (exact) mass is 397 g/mol. The van der Waals surface area contributed by atoms with Crippen molar-refractivity contribution in [2.24, 2.45) is 0 Å². The molecule has 3 heteroatoms. The van der Waals surface area contributed by atoms with Crippen molar-refractivity contribution in [3.63, 3.8) is 0 Å². The molecule has 2 rings (SSSR count). The third-order valence-electron chi connectivity index (χ3n) is 5.18. The van der Waals surface area contributed by atoms with Gasteiger partial charge in [-0.1, -0.05) is 64.9 Å². The van der Waals surface area contributed by atoms with Gasteiger partial charge < -0.3 is 9.47 Å². The van der Waals surface area contributed by atoms with E-state index in [-0.39, 0.29) is 0 Å². The van der Waals surface area contributed by atoms with E-state index in [2.05, 4.69) is 43.1 Å². The van der Waals surface area contributed by atoms with E-state index in [4.69, 9.17) is 9.47 Å². The first-order chi connectivity index (χ1) is 14.3. The van der Waals surface area contributed by atoms with Gasteiger partial charge >= 0.3 is 0 Å². The van der Waals surface area contributed by atoms with Crippen LogP contribution in [0.4, 0.5) is 0 Å². The first-order valence-corrected chi connectivity index (χ1v) is 11.6. The molecule has 0 atom stereocenters. The van der Waals surface area contributed by atoms with E-state index < -0.39 is 0 Å². The summed E-state index contributed by atoms with van der Waals surface area (Å²) in [6, 6.07) is 12.5. The standard InChI is InChI=1S/C26H39NO2/c1-3-5-7-9-10-12-23-13-18-26(27-22-23)24-14-16-25(17-15-24)29-21-20-28-19-11-8-6-4-2/h13-18,22H,3-12,19-21H2,1-2H3. The predicted octanol–water partition coefficient (Wildman–Crippen LogP) is 7.24. The minimum atomic E-state index is 0.596. The molecule has 1 aromatic carbocycles. The summed E-state index contributed by atoms with van der Waals surface area (Å²) in [5.41, 5.74) is 3.47. The average molecular weight is 398 g/mol. The summed E-state index contributed by atoms with van der Waals surface area (Å²) in [4.78, 5) is 4.65. The van der Waals surface area contributed by atoms with Crippen LogP contribution in [0.15, 0.2) is 42.6 Å². The molecule has 0 fully saturated rings. The van der Waals surface area contributed by atoms with Gasteiger partial charge in [-0.25, -0.2) is 0 Å².